The van der Waals surface area contributed by atoms with E-state index in [4.69, 9.17) is 9.47 Å². The molecule has 0 radical (unpaired) electrons. The van der Waals surface area contributed by atoms with Crippen LogP contribution >= 0.6 is 0 Å². The van der Waals surface area contributed by atoms with E-state index >= 15 is 0 Å². The van der Waals surface area contributed by atoms with Crippen LogP contribution in [0.3, 0.4) is 0 Å². The number of benzene rings is 3. The number of hydrogen-bond acceptors (Lipinski definition) is 6. The van der Waals surface area contributed by atoms with Crippen molar-refractivity contribution in [3.63, 3.8) is 0 Å². The van der Waals surface area contributed by atoms with Crippen LogP contribution in [0.5, 0.6) is 11.5 Å². The van der Waals surface area contributed by atoms with Crippen molar-refractivity contribution in [3.8, 4) is 11.5 Å². The van der Waals surface area contributed by atoms with Crippen LogP contribution in [0.25, 0.3) is 0 Å². The predicted molar refractivity (Wildman–Crippen MR) is 128 cm³/mol. The zero-order chi connectivity index (χ0) is 23.8. The van der Waals surface area contributed by atoms with Crippen molar-refractivity contribution in [1.29, 1.82) is 0 Å². The van der Waals surface area contributed by atoms with Gasteiger partial charge in [-0.15, -0.1) is 0 Å². The molecule has 0 saturated heterocycles. The highest BCUT2D eigenvalue weighted by molar-refractivity contribution is 7.91. The van der Waals surface area contributed by atoms with Gasteiger partial charge in [0.15, 0.2) is 10.6 Å². The first-order valence-electron chi connectivity index (χ1n) is 10.5. The van der Waals surface area contributed by atoms with Gasteiger partial charge < -0.3 is 20.1 Å². The Hall–Kier alpha value is -3.52. The first-order valence-corrected chi connectivity index (χ1v) is 12.0. The van der Waals surface area contributed by atoms with E-state index in [9.17, 15) is 13.2 Å². The van der Waals surface area contributed by atoms with Crippen LogP contribution in [-0.2, 0) is 21.1 Å². The maximum Gasteiger partial charge on any atom is 0.239 e. The third-order valence-corrected chi connectivity index (χ3v) is 6.93. The van der Waals surface area contributed by atoms with Gasteiger partial charge in [0.2, 0.25) is 15.7 Å². The largest absolute Gasteiger partial charge is 0.495 e. The number of rotatable bonds is 10. The number of amides is 1. The third-order valence-electron chi connectivity index (χ3n) is 5.12. The Kier molecular flexibility index (Phi) is 7.95. The van der Waals surface area contributed by atoms with Gasteiger partial charge in [-0.25, -0.2) is 8.42 Å². The molecular formula is C25H28N2O5S. The minimum atomic E-state index is -3.94. The lowest BCUT2D eigenvalue weighted by molar-refractivity contribution is -0.119. The molecule has 0 aliphatic rings. The Bertz CT molecular complexity index is 1190. The van der Waals surface area contributed by atoms with Gasteiger partial charge in [0.05, 0.1) is 31.3 Å². The molecule has 0 heterocycles. The highest BCUT2D eigenvalue weighted by atomic mass is 32.2. The average Bonchev–Trinajstić information content (AvgIpc) is 2.83. The van der Waals surface area contributed by atoms with Crippen molar-refractivity contribution in [2.75, 3.05) is 32.6 Å². The molecule has 174 valence electrons. The second-order valence-electron chi connectivity index (χ2n) is 7.43. The summed E-state index contributed by atoms with van der Waals surface area (Å²) < 4.78 is 37.6. The summed E-state index contributed by atoms with van der Waals surface area (Å²) in [5.74, 6) is 0.0315. The van der Waals surface area contributed by atoms with Crippen LogP contribution in [0.2, 0.25) is 0 Å². The monoisotopic (exact) mass is 468 g/mol. The number of carbonyl (C=O) groups excluding carboxylic acids is 1. The summed E-state index contributed by atoms with van der Waals surface area (Å²) in [5.41, 5.74) is 2.46. The molecule has 3 rings (SSSR count). The van der Waals surface area contributed by atoms with Gasteiger partial charge in [-0.3, -0.25) is 4.79 Å². The van der Waals surface area contributed by atoms with E-state index < -0.39 is 9.84 Å². The standard InChI is InChI=1S/C25H28N2O5S/c1-18-9-11-20(12-10-18)33(29,30)25-22(31-2)14-13-21(24(25)32-3)27-17-23(28)26-16-15-19-7-5-4-6-8-19/h4-14,27H,15-17H2,1-3H3,(H,26,28). The van der Waals surface area contributed by atoms with Crippen LogP contribution in [0.1, 0.15) is 11.1 Å². The Morgan fingerprint density at radius 2 is 1.61 bits per heavy atom. The lowest BCUT2D eigenvalue weighted by atomic mass is 10.1. The molecule has 0 bridgehead atoms. The first kappa shape index (κ1) is 24.1. The molecule has 0 spiro atoms. The topological polar surface area (TPSA) is 93.7 Å². The normalized spacial score (nSPS) is 11.0. The predicted octanol–water partition coefficient (Wildman–Crippen LogP) is 3.62. The second-order valence-corrected chi connectivity index (χ2v) is 9.32. The third kappa shape index (κ3) is 5.84. The highest BCUT2D eigenvalue weighted by Gasteiger charge is 2.29. The zero-order valence-corrected chi connectivity index (χ0v) is 19.7. The van der Waals surface area contributed by atoms with Crippen molar-refractivity contribution < 1.29 is 22.7 Å². The van der Waals surface area contributed by atoms with Crippen molar-refractivity contribution in [2.24, 2.45) is 0 Å². The molecule has 8 heteroatoms. The van der Waals surface area contributed by atoms with E-state index in [-0.39, 0.29) is 33.7 Å². The number of nitrogens with one attached hydrogen (secondary N) is 2. The number of aryl methyl sites for hydroxylation is 1. The summed E-state index contributed by atoms with van der Waals surface area (Å²) in [7, 11) is -1.16. The molecule has 0 aliphatic heterocycles. The van der Waals surface area contributed by atoms with E-state index in [0.29, 0.717) is 12.2 Å². The molecule has 7 nitrogen and oxygen atoms in total. The van der Waals surface area contributed by atoms with Crippen LogP contribution in [0.4, 0.5) is 5.69 Å². The van der Waals surface area contributed by atoms with Gasteiger partial charge >= 0.3 is 0 Å². The molecule has 3 aromatic carbocycles. The number of hydrogen-bond donors (Lipinski definition) is 2. The maximum atomic E-state index is 13.4. The average molecular weight is 469 g/mol. The summed E-state index contributed by atoms with van der Waals surface area (Å²) in [4.78, 5) is 12.3. The van der Waals surface area contributed by atoms with Gasteiger partial charge in [-0.2, -0.15) is 0 Å². The zero-order valence-electron chi connectivity index (χ0n) is 18.9. The molecule has 0 saturated carbocycles. The van der Waals surface area contributed by atoms with E-state index in [2.05, 4.69) is 10.6 Å². The van der Waals surface area contributed by atoms with Gasteiger partial charge in [-0.05, 0) is 43.2 Å². The Balaban J connectivity index is 1.78. The molecule has 0 atom stereocenters. The summed E-state index contributed by atoms with van der Waals surface area (Å²) in [5, 5.41) is 5.83. The van der Waals surface area contributed by atoms with Gasteiger partial charge in [0.25, 0.3) is 0 Å². The fourth-order valence-corrected chi connectivity index (χ4v) is 4.95. The van der Waals surface area contributed by atoms with Gasteiger partial charge in [0, 0.05) is 6.54 Å². The number of ether oxygens (including phenoxy) is 2. The Morgan fingerprint density at radius 3 is 2.24 bits per heavy atom. The summed E-state index contributed by atoms with van der Waals surface area (Å²) in [6.45, 7) is 2.34. The molecule has 1 amide bonds. The minimum absolute atomic E-state index is 0.0402. The highest BCUT2D eigenvalue weighted by Crippen LogP contribution is 2.42. The SMILES string of the molecule is COc1ccc(NCC(=O)NCCc2ccccc2)c(OC)c1S(=O)(=O)c1ccc(C)cc1. The number of carbonyl (C=O) groups is 1. The van der Waals surface area contributed by atoms with Gasteiger partial charge in [0.1, 0.15) is 5.75 Å². The summed E-state index contributed by atoms with van der Waals surface area (Å²) >= 11 is 0. The summed E-state index contributed by atoms with van der Waals surface area (Å²) in [6.07, 6.45) is 0.720. The van der Waals surface area contributed by atoms with Gasteiger partial charge in [-0.1, -0.05) is 48.0 Å². The van der Waals surface area contributed by atoms with Crippen LogP contribution in [-0.4, -0.2) is 41.6 Å². The molecule has 2 N–H and O–H groups in total. The fourth-order valence-electron chi connectivity index (χ4n) is 3.37. The molecular weight excluding hydrogens is 440 g/mol. The van der Waals surface area contributed by atoms with Crippen molar-refractivity contribution in [1.82, 2.24) is 5.32 Å². The van der Waals surface area contributed by atoms with Crippen molar-refractivity contribution in [3.05, 3.63) is 77.9 Å². The molecule has 33 heavy (non-hydrogen) atoms. The molecule has 0 unspecified atom stereocenters. The molecule has 0 aliphatic carbocycles. The first-order chi connectivity index (χ1) is 15.9. The molecule has 0 aromatic heterocycles. The van der Waals surface area contributed by atoms with E-state index in [1.165, 1.54) is 14.2 Å². The number of sulfone groups is 1. The maximum absolute atomic E-state index is 13.4. The van der Waals surface area contributed by atoms with Crippen molar-refractivity contribution >= 4 is 21.4 Å². The van der Waals surface area contributed by atoms with E-state index in [1.54, 1.807) is 36.4 Å². The lowest BCUT2D eigenvalue weighted by Gasteiger charge is -2.18. The summed E-state index contributed by atoms with van der Waals surface area (Å²) in [6, 6.07) is 19.6. The van der Waals surface area contributed by atoms with E-state index in [1.807, 2.05) is 37.3 Å². The number of anilines is 1. The quantitative estimate of drug-likeness (QED) is 0.472. The fraction of sp³-hybridized carbons (Fsp3) is 0.240. The van der Waals surface area contributed by atoms with Crippen LogP contribution in [0.15, 0.2) is 76.5 Å². The van der Waals surface area contributed by atoms with Crippen molar-refractivity contribution in [2.45, 2.75) is 23.1 Å². The smallest absolute Gasteiger partial charge is 0.239 e. The lowest BCUT2D eigenvalue weighted by Crippen LogP contribution is -2.31. The molecule has 3 aromatic rings. The Morgan fingerprint density at radius 1 is 0.909 bits per heavy atom. The van der Waals surface area contributed by atoms with Crippen LogP contribution < -0.4 is 20.1 Å². The number of methoxy groups -OCH3 is 2. The van der Waals surface area contributed by atoms with Crippen LogP contribution in [0, 0.1) is 6.92 Å². The van der Waals surface area contributed by atoms with E-state index in [0.717, 1.165) is 17.5 Å². The second kappa shape index (κ2) is 10.9. The molecule has 0 fully saturated rings. The minimum Gasteiger partial charge on any atom is -0.495 e. The Labute approximate surface area is 194 Å².